The van der Waals surface area contributed by atoms with Gasteiger partial charge in [-0.15, -0.1) is 0 Å². The normalized spacial score (nSPS) is 8.22. The average Bonchev–Trinajstić information content (AvgIpc) is 1.64. The van der Waals surface area contributed by atoms with Crippen LogP contribution >= 0.6 is 0 Å². The standard InChI is InChI=1S/C4H6O4.Na.H/c1-2(3(5)6)4(7)8;;/h2H,1H3,(H,5,6)(H,7,8);;/q;+1;-1. The molecule has 48 valence electrons. The SMILES string of the molecule is CC(C(=O)O)C(=O)O.[H-].[Na+]. The maximum absolute atomic E-state index is 9.76. The number of aliphatic carboxylic acids is 2. The van der Waals surface area contributed by atoms with Gasteiger partial charge in [0.15, 0.2) is 5.92 Å². The first-order chi connectivity index (χ1) is 3.55. The van der Waals surface area contributed by atoms with Crippen LogP contribution in [0, 0.1) is 5.92 Å². The van der Waals surface area contributed by atoms with Crippen molar-refractivity contribution in [2.45, 2.75) is 6.92 Å². The molecule has 0 spiro atoms. The van der Waals surface area contributed by atoms with Crippen LogP contribution in [0.5, 0.6) is 0 Å². The summed E-state index contributed by atoms with van der Waals surface area (Å²) in [6.07, 6.45) is 0. The van der Waals surface area contributed by atoms with E-state index in [1.165, 1.54) is 0 Å². The van der Waals surface area contributed by atoms with E-state index in [-0.39, 0.29) is 31.0 Å². The van der Waals surface area contributed by atoms with Crippen LogP contribution in [-0.4, -0.2) is 22.2 Å². The fourth-order valence-electron chi connectivity index (χ4n) is 0.106. The van der Waals surface area contributed by atoms with Gasteiger partial charge in [0.05, 0.1) is 0 Å². The zero-order valence-electron chi connectivity index (χ0n) is 6.29. The van der Waals surface area contributed by atoms with Crippen LogP contribution in [0.1, 0.15) is 8.35 Å². The summed E-state index contributed by atoms with van der Waals surface area (Å²) in [6, 6.07) is 0. The van der Waals surface area contributed by atoms with Gasteiger partial charge in [0.2, 0.25) is 0 Å². The average molecular weight is 142 g/mol. The van der Waals surface area contributed by atoms with Crippen molar-refractivity contribution in [3.05, 3.63) is 0 Å². The Balaban J connectivity index is -0.000000245. The van der Waals surface area contributed by atoms with Gasteiger partial charge >= 0.3 is 41.5 Å². The molecule has 0 radical (unpaired) electrons. The van der Waals surface area contributed by atoms with E-state index < -0.39 is 17.9 Å². The summed E-state index contributed by atoms with van der Waals surface area (Å²) in [7, 11) is 0. The fraction of sp³-hybridized carbons (Fsp3) is 0.500. The van der Waals surface area contributed by atoms with Crippen molar-refractivity contribution in [1.82, 2.24) is 0 Å². The van der Waals surface area contributed by atoms with Gasteiger partial charge in [0.25, 0.3) is 0 Å². The van der Waals surface area contributed by atoms with Gasteiger partial charge in [-0.2, -0.15) is 0 Å². The molecule has 9 heavy (non-hydrogen) atoms. The third kappa shape index (κ3) is 4.44. The molecule has 0 bridgehead atoms. The maximum atomic E-state index is 9.76. The van der Waals surface area contributed by atoms with E-state index >= 15 is 0 Å². The quantitative estimate of drug-likeness (QED) is 0.316. The summed E-state index contributed by atoms with van der Waals surface area (Å²) in [6.45, 7) is 1.12. The van der Waals surface area contributed by atoms with Crippen LogP contribution in [0.15, 0.2) is 0 Å². The summed E-state index contributed by atoms with van der Waals surface area (Å²) in [5, 5.41) is 15.9. The van der Waals surface area contributed by atoms with Gasteiger partial charge in [-0.3, -0.25) is 9.59 Å². The number of carbonyl (C=O) groups is 2. The van der Waals surface area contributed by atoms with Gasteiger partial charge in [-0.1, -0.05) is 0 Å². The molecule has 0 unspecified atom stereocenters. The van der Waals surface area contributed by atoms with E-state index in [0.29, 0.717) is 0 Å². The molecular weight excluding hydrogens is 135 g/mol. The van der Waals surface area contributed by atoms with Crippen LogP contribution < -0.4 is 29.6 Å². The Labute approximate surface area is 75.6 Å². The van der Waals surface area contributed by atoms with Crippen molar-refractivity contribution >= 4 is 11.9 Å². The van der Waals surface area contributed by atoms with Gasteiger partial charge in [-0.05, 0) is 6.92 Å². The largest absolute Gasteiger partial charge is 1.00 e. The van der Waals surface area contributed by atoms with Crippen LogP contribution in [0.4, 0.5) is 0 Å². The Morgan fingerprint density at radius 3 is 1.56 bits per heavy atom. The van der Waals surface area contributed by atoms with E-state index in [2.05, 4.69) is 0 Å². The van der Waals surface area contributed by atoms with Gasteiger partial charge in [0, 0.05) is 0 Å². The molecule has 2 N–H and O–H groups in total. The summed E-state index contributed by atoms with van der Waals surface area (Å²) in [5.74, 6) is -3.91. The molecule has 0 amide bonds. The van der Waals surface area contributed by atoms with Gasteiger partial charge in [-0.25, -0.2) is 0 Å². The second-order valence-corrected chi connectivity index (χ2v) is 1.40. The molecule has 0 aromatic heterocycles. The smallest absolute Gasteiger partial charge is 1.00 e. The summed E-state index contributed by atoms with van der Waals surface area (Å²) < 4.78 is 0. The molecule has 0 aliphatic rings. The number of carboxylic acids is 2. The van der Waals surface area contributed by atoms with Crippen molar-refractivity contribution in [1.29, 1.82) is 0 Å². The molecular formula is C4H7NaO4. The summed E-state index contributed by atoms with van der Waals surface area (Å²) in [4.78, 5) is 19.5. The van der Waals surface area contributed by atoms with E-state index in [1.54, 1.807) is 0 Å². The van der Waals surface area contributed by atoms with Crippen LogP contribution in [0.25, 0.3) is 0 Å². The first-order valence-corrected chi connectivity index (χ1v) is 2.01. The molecule has 4 nitrogen and oxygen atoms in total. The predicted molar refractivity (Wildman–Crippen MR) is 25.5 cm³/mol. The fourth-order valence-corrected chi connectivity index (χ4v) is 0.106. The number of carboxylic acid groups (broad SMARTS) is 2. The second kappa shape index (κ2) is 4.78. The van der Waals surface area contributed by atoms with E-state index in [4.69, 9.17) is 10.2 Å². The third-order valence-electron chi connectivity index (χ3n) is 0.741. The summed E-state index contributed by atoms with van der Waals surface area (Å²) >= 11 is 0. The molecule has 0 rings (SSSR count). The topological polar surface area (TPSA) is 74.6 Å². The van der Waals surface area contributed by atoms with Crippen LogP contribution in [0.3, 0.4) is 0 Å². The van der Waals surface area contributed by atoms with Gasteiger partial charge in [0.1, 0.15) is 0 Å². The number of hydrogen-bond donors (Lipinski definition) is 2. The molecule has 0 atom stereocenters. The van der Waals surface area contributed by atoms with Gasteiger partial charge < -0.3 is 11.6 Å². The predicted octanol–water partition coefficient (Wildman–Crippen LogP) is -3.09. The molecule has 0 aromatic rings. The Bertz CT molecular complexity index is 112. The van der Waals surface area contributed by atoms with Crippen molar-refractivity contribution in [3.8, 4) is 0 Å². The Morgan fingerprint density at radius 2 is 1.56 bits per heavy atom. The second-order valence-electron chi connectivity index (χ2n) is 1.40. The minimum absolute atomic E-state index is 0. The molecule has 0 aromatic carbocycles. The monoisotopic (exact) mass is 142 g/mol. The van der Waals surface area contributed by atoms with Crippen molar-refractivity contribution in [2.75, 3.05) is 0 Å². The minimum atomic E-state index is -1.31. The molecule has 0 aliphatic carbocycles. The molecule has 0 heterocycles. The molecule has 0 aliphatic heterocycles. The van der Waals surface area contributed by atoms with Crippen molar-refractivity contribution < 1.29 is 50.8 Å². The number of hydrogen-bond acceptors (Lipinski definition) is 2. The van der Waals surface area contributed by atoms with E-state index in [9.17, 15) is 9.59 Å². The number of rotatable bonds is 2. The molecule has 5 heteroatoms. The third-order valence-corrected chi connectivity index (χ3v) is 0.741. The minimum Gasteiger partial charge on any atom is -1.00 e. The van der Waals surface area contributed by atoms with Crippen molar-refractivity contribution in [2.24, 2.45) is 5.92 Å². The zero-order valence-corrected chi connectivity index (χ0v) is 7.29. The zero-order chi connectivity index (χ0) is 6.73. The first-order valence-electron chi connectivity index (χ1n) is 2.01. The Hall–Kier alpha value is -0.0600. The molecule has 0 fully saturated rings. The Morgan fingerprint density at radius 1 is 1.33 bits per heavy atom. The Kier molecular flexibility index (Phi) is 6.22. The van der Waals surface area contributed by atoms with Crippen LogP contribution in [0.2, 0.25) is 0 Å². The maximum Gasteiger partial charge on any atom is 1.00 e. The summed E-state index contributed by atoms with van der Waals surface area (Å²) in [5.41, 5.74) is 0. The van der Waals surface area contributed by atoms with E-state index in [1.807, 2.05) is 0 Å². The van der Waals surface area contributed by atoms with E-state index in [0.717, 1.165) is 6.92 Å². The first kappa shape index (κ1) is 11.7. The molecule has 0 saturated carbocycles. The molecule has 0 saturated heterocycles. The van der Waals surface area contributed by atoms with Crippen molar-refractivity contribution in [3.63, 3.8) is 0 Å². The van der Waals surface area contributed by atoms with Crippen LogP contribution in [-0.2, 0) is 9.59 Å².